The van der Waals surface area contributed by atoms with Crippen molar-refractivity contribution in [2.75, 3.05) is 18.1 Å². The third kappa shape index (κ3) is 4.36. The first-order valence-corrected chi connectivity index (χ1v) is 8.79. The molecule has 0 radical (unpaired) electrons. The summed E-state index contributed by atoms with van der Waals surface area (Å²) in [4.78, 5) is 18.5. The van der Waals surface area contributed by atoms with Crippen molar-refractivity contribution in [2.24, 2.45) is 0 Å². The highest BCUT2D eigenvalue weighted by Crippen LogP contribution is 2.27. The maximum atomic E-state index is 12.7. The van der Waals surface area contributed by atoms with E-state index in [1.807, 2.05) is 54.8 Å². The molecule has 1 amide bonds. The average Bonchev–Trinajstić information content (AvgIpc) is 3.17. The predicted octanol–water partition coefficient (Wildman–Crippen LogP) is 4.29. The maximum absolute atomic E-state index is 12.7. The van der Waals surface area contributed by atoms with E-state index in [4.69, 9.17) is 9.47 Å². The number of ether oxygens (including phenoxy) is 2. The van der Waals surface area contributed by atoms with E-state index in [-0.39, 0.29) is 12.5 Å². The number of amides is 1. The van der Waals surface area contributed by atoms with Crippen LogP contribution in [0.2, 0.25) is 0 Å². The first-order valence-electron chi connectivity index (χ1n) is 7.91. The third-order valence-corrected chi connectivity index (χ3v) is 4.13. The van der Waals surface area contributed by atoms with E-state index in [2.05, 4.69) is 4.98 Å². The highest BCUT2D eigenvalue weighted by atomic mass is 32.1. The summed E-state index contributed by atoms with van der Waals surface area (Å²) in [5, 5.41) is 2.46. The van der Waals surface area contributed by atoms with E-state index < -0.39 is 0 Å². The molecule has 0 atom stereocenters. The van der Waals surface area contributed by atoms with Gasteiger partial charge in [0.15, 0.2) is 11.7 Å². The first kappa shape index (κ1) is 17.0. The van der Waals surface area contributed by atoms with E-state index in [1.165, 1.54) is 11.3 Å². The lowest BCUT2D eigenvalue weighted by atomic mass is 10.3. The van der Waals surface area contributed by atoms with Crippen LogP contribution in [0.25, 0.3) is 0 Å². The summed E-state index contributed by atoms with van der Waals surface area (Å²) < 4.78 is 11.0. The van der Waals surface area contributed by atoms with Gasteiger partial charge in [-0.1, -0.05) is 18.2 Å². The molecular formula is C19H18N2O3S. The van der Waals surface area contributed by atoms with Gasteiger partial charge in [0.2, 0.25) is 0 Å². The molecule has 0 aliphatic rings. The molecule has 0 saturated carbocycles. The number of anilines is 2. The molecule has 6 heteroatoms. The van der Waals surface area contributed by atoms with Gasteiger partial charge in [0, 0.05) is 11.6 Å². The fraction of sp³-hybridized carbons (Fsp3) is 0.158. The third-order valence-electron chi connectivity index (χ3n) is 3.37. The van der Waals surface area contributed by atoms with E-state index in [0.29, 0.717) is 17.5 Å². The number of nitrogens with zero attached hydrogens (tertiary/aromatic N) is 2. The number of rotatable bonds is 7. The minimum Gasteiger partial charge on any atom is -0.494 e. The number of benzene rings is 2. The highest BCUT2D eigenvalue weighted by molar-refractivity contribution is 7.13. The lowest BCUT2D eigenvalue weighted by Crippen LogP contribution is -2.30. The average molecular weight is 354 g/mol. The normalized spacial score (nSPS) is 10.3. The molecule has 0 saturated heterocycles. The van der Waals surface area contributed by atoms with Gasteiger partial charge in [-0.25, -0.2) is 4.98 Å². The van der Waals surface area contributed by atoms with Crippen molar-refractivity contribution in [1.29, 1.82) is 0 Å². The summed E-state index contributed by atoms with van der Waals surface area (Å²) in [6.45, 7) is 2.46. The zero-order chi connectivity index (χ0) is 17.5. The van der Waals surface area contributed by atoms with Crippen molar-refractivity contribution in [3.05, 3.63) is 66.2 Å². The van der Waals surface area contributed by atoms with Gasteiger partial charge in [-0.2, -0.15) is 0 Å². The van der Waals surface area contributed by atoms with E-state index in [0.717, 1.165) is 11.4 Å². The topological polar surface area (TPSA) is 51.7 Å². The molecule has 3 aromatic rings. The number of carbonyl (C=O) groups is 1. The second kappa shape index (κ2) is 8.30. The summed E-state index contributed by atoms with van der Waals surface area (Å²) in [5.74, 6) is 1.20. The Morgan fingerprint density at radius 3 is 2.32 bits per heavy atom. The van der Waals surface area contributed by atoms with Crippen LogP contribution in [0.1, 0.15) is 6.92 Å². The Morgan fingerprint density at radius 2 is 1.72 bits per heavy atom. The van der Waals surface area contributed by atoms with Crippen molar-refractivity contribution in [3.8, 4) is 11.5 Å². The van der Waals surface area contributed by atoms with Crippen LogP contribution in [0.4, 0.5) is 10.8 Å². The predicted molar refractivity (Wildman–Crippen MR) is 98.8 cm³/mol. The zero-order valence-corrected chi connectivity index (χ0v) is 14.6. The second-order valence-electron chi connectivity index (χ2n) is 5.07. The molecule has 5 nitrogen and oxygen atoms in total. The molecule has 25 heavy (non-hydrogen) atoms. The van der Waals surface area contributed by atoms with E-state index >= 15 is 0 Å². The summed E-state index contributed by atoms with van der Waals surface area (Å²) in [7, 11) is 0. The number of thiazole rings is 1. The summed E-state index contributed by atoms with van der Waals surface area (Å²) >= 11 is 1.41. The molecule has 1 aromatic heterocycles. The Morgan fingerprint density at radius 1 is 1.04 bits per heavy atom. The van der Waals surface area contributed by atoms with Crippen LogP contribution in [0.15, 0.2) is 66.2 Å². The molecule has 0 bridgehead atoms. The van der Waals surface area contributed by atoms with Gasteiger partial charge in [0.1, 0.15) is 11.5 Å². The molecular weight excluding hydrogens is 336 g/mol. The van der Waals surface area contributed by atoms with Gasteiger partial charge in [-0.05, 0) is 43.3 Å². The Bertz CT molecular complexity index is 789. The smallest absolute Gasteiger partial charge is 0.271 e. The molecule has 0 unspecified atom stereocenters. The number of hydrogen-bond donors (Lipinski definition) is 0. The van der Waals surface area contributed by atoms with Crippen LogP contribution < -0.4 is 14.4 Å². The van der Waals surface area contributed by atoms with Crippen LogP contribution in [-0.2, 0) is 4.79 Å². The highest BCUT2D eigenvalue weighted by Gasteiger charge is 2.20. The first-order chi connectivity index (χ1) is 12.3. The van der Waals surface area contributed by atoms with Gasteiger partial charge < -0.3 is 9.47 Å². The number of para-hydroxylation sites is 1. The molecule has 128 valence electrons. The lowest BCUT2D eigenvalue weighted by Gasteiger charge is -2.20. The zero-order valence-electron chi connectivity index (χ0n) is 13.8. The van der Waals surface area contributed by atoms with E-state index in [9.17, 15) is 4.79 Å². The van der Waals surface area contributed by atoms with Crippen LogP contribution in [-0.4, -0.2) is 24.1 Å². The van der Waals surface area contributed by atoms with Crippen molar-refractivity contribution in [1.82, 2.24) is 4.98 Å². The van der Waals surface area contributed by atoms with Crippen molar-refractivity contribution < 1.29 is 14.3 Å². The molecule has 3 rings (SSSR count). The lowest BCUT2D eigenvalue weighted by molar-refractivity contribution is -0.119. The van der Waals surface area contributed by atoms with Crippen LogP contribution >= 0.6 is 11.3 Å². The molecule has 1 heterocycles. The quantitative estimate of drug-likeness (QED) is 0.635. The molecule has 0 aliphatic heterocycles. The Balaban J connectivity index is 1.71. The second-order valence-corrected chi connectivity index (χ2v) is 5.95. The monoisotopic (exact) mass is 354 g/mol. The van der Waals surface area contributed by atoms with Crippen LogP contribution in [0.5, 0.6) is 11.5 Å². The SMILES string of the molecule is CCOc1ccc(OCC(=O)N(c2ccccc2)c2nccs2)cc1. The van der Waals surface area contributed by atoms with E-state index in [1.54, 1.807) is 23.2 Å². The molecule has 0 N–H and O–H groups in total. The standard InChI is InChI=1S/C19H18N2O3S/c1-2-23-16-8-10-17(11-9-16)24-14-18(22)21(19-20-12-13-25-19)15-6-4-3-5-7-15/h3-13H,2,14H2,1H3. The fourth-order valence-corrected chi connectivity index (χ4v) is 2.95. The Kier molecular flexibility index (Phi) is 5.64. The number of hydrogen-bond acceptors (Lipinski definition) is 5. The fourth-order valence-electron chi connectivity index (χ4n) is 2.27. The molecule has 0 fully saturated rings. The minimum atomic E-state index is -0.185. The van der Waals surface area contributed by atoms with Crippen LogP contribution in [0, 0.1) is 0 Å². The Hall–Kier alpha value is -2.86. The van der Waals surface area contributed by atoms with Gasteiger partial charge in [-0.3, -0.25) is 9.69 Å². The number of carbonyl (C=O) groups excluding carboxylic acids is 1. The molecule has 0 spiro atoms. The van der Waals surface area contributed by atoms with Crippen LogP contribution in [0.3, 0.4) is 0 Å². The summed E-state index contributed by atoms with van der Waals surface area (Å²) in [6, 6.07) is 16.6. The molecule has 2 aromatic carbocycles. The minimum absolute atomic E-state index is 0.0809. The van der Waals surface area contributed by atoms with Crippen molar-refractivity contribution in [2.45, 2.75) is 6.92 Å². The maximum Gasteiger partial charge on any atom is 0.271 e. The van der Waals surface area contributed by atoms with Gasteiger partial charge in [0.25, 0.3) is 5.91 Å². The summed E-state index contributed by atoms with van der Waals surface area (Å²) in [6.07, 6.45) is 1.68. The molecule has 0 aliphatic carbocycles. The Labute approximate surface area is 150 Å². The van der Waals surface area contributed by atoms with Crippen molar-refractivity contribution >= 4 is 28.1 Å². The van der Waals surface area contributed by atoms with Gasteiger partial charge >= 0.3 is 0 Å². The van der Waals surface area contributed by atoms with Crippen molar-refractivity contribution in [3.63, 3.8) is 0 Å². The summed E-state index contributed by atoms with van der Waals surface area (Å²) in [5.41, 5.74) is 0.762. The number of aromatic nitrogens is 1. The van der Waals surface area contributed by atoms with Gasteiger partial charge in [-0.15, -0.1) is 11.3 Å². The van der Waals surface area contributed by atoms with Gasteiger partial charge in [0.05, 0.1) is 12.3 Å². The largest absolute Gasteiger partial charge is 0.494 e.